The lowest BCUT2D eigenvalue weighted by atomic mass is 10.0. The fourth-order valence-corrected chi connectivity index (χ4v) is 2.57. The van der Waals surface area contributed by atoms with Crippen LogP contribution in [-0.2, 0) is 11.2 Å². The molecule has 20 heavy (non-hydrogen) atoms. The molecular formula is C14H17N5O. The first-order valence-corrected chi connectivity index (χ1v) is 6.78. The van der Waals surface area contributed by atoms with Crippen molar-refractivity contribution in [1.29, 1.82) is 0 Å². The molecule has 1 aliphatic heterocycles. The molecule has 1 aliphatic rings. The van der Waals surface area contributed by atoms with Gasteiger partial charge < -0.3 is 9.88 Å². The van der Waals surface area contributed by atoms with Crippen LogP contribution in [0.15, 0.2) is 24.8 Å². The van der Waals surface area contributed by atoms with E-state index in [9.17, 15) is 4.79 Å². The summed E-state index contributed by atoms with van der Waals surface area (Å²) < 4.78 is 0. The summed E-state index contributed by atoms with van der Waals surface area (Å²) in [5, 5.41) is 0. The summed E-state index contributed by atoms with van der Waals surface area (Å²) in [6.07, 6.45) is 8.91. The molecule has 3 rings (SSSR count). The SMILES string of the molecule is CC(=O)N1CC[C@H](Cc2cnc(-c3ncc[nH]3)cn2)C1. The molecule has 0 aromatic carbocycles. The predicted molar refractivity (Wildman–Crippen MR) is 73.7 cm³/mol. The fraction of sp³-hybridized carbons (Fsp3) is 0.429. The van der Waals surface area contributed by atoms with E-state index in [1.807, 2.05) is 4.90 Å². The third-order valence-electron chi connectivity index (χ3n) is 3.68. The number of hydrogen-bond acceptors (Lipinski definition) is 4. The fourth-order valence-electron chi connectivity index (χ4n) is 2.57. The smallest absolute Gasteiger partial charge is 0.219 e. The van der Waals surface area contributed by atoms with Crippen molar-refractivity contribution in [2.45, 2.75) is 19.8 Å². The number of aromatic amines is 1. The maximum atomic E-state index is 11.3. The third kappa shape index (κ3) is 2.68. The summed E-state index contributed by atoms with van der Waals surface area (Å²) in [6.45, 7) is 3.31. The van der Waals surface area contributed by atoms with Crippen molar-refractivity contribution in [2.75, 3.05) is 13.1 Å². The van der Waals surface area contributed by atoms with Gasteiger partial charge in [-0.1, -0.05) is 0 Å². The Bertz CT molecular complexity index is 578. The summed E-state index contributed by atoms with van der Waals surface area (Å²) in [4.78, 5) is 29.2. The van der Waals surface area contributed by atoms with Crippen LogP contribution in [0.3, 0.4) is 0 Å². The lowest BCUT2D eigenvalue weighted by molar-refractivity contribution is -0.127. The molecule has 0 saturated carbocycles. The molecular weight excluding hydrogens is 254 g/mol. The minimum absolute atomic E-state index is 0.159. The molecule has 104 valence electrons. The molecule has 6 nitrogen and oxygen atoms in total. The first kappa shape index (κ1) is 12.8. The lowest BCUT2D eigenvalue weighted by Gasteiger charge is -2.13. The van der Waals surface area contributed by atoms with Crippen LogP contribution in [0.2, 0.25) is 0 Å². The number of amides is 1. The molecule has 2 aromatic heterocycles. The highest BCUT2D eigenvalue weighted by Gasteiger charge is 2.24. The van der Waals surface area contributed by atoms with Gasteiger partial charge in [0.05, 0.1) is 11.9 Å². The first-order valence-electron chi connectivity index (χ1n) is 6.78. The van der Waals surface area contributed by atoms with Crippen molar-refractivity contribution in [2.24, 2.45) is 5.92 Å². The molecule has 0 bridgehead atoms. The minimum atomic E-state index is 0.159. The molecule has 0 radical (unpaired) electrons. The van der Waals surface area contributed by atoms with Crippen molar-refractivity contribution in [1.82, 2.24) is 24.8 Å². The Morgan fingerprint density at radius 2 is 2.30 bits per heavy atom. The highest BCUT2D eigenvalue weighted by atomic mass is 16.2. The van der Waals surface area contributed by atoms with Crippen LogP contribution in [-0.4, -0.2) is 43.8 Å². The number of H-pyrrole nitrogens is 1. The number of carbonyl (C=O) groups is 1. The molecule has 1 saturated heterocycles. The summed E-state index contributed by atoms with van der Waals surface area (Å²) >= 11 is 0. The molecule has 0 unspecified atom stereocenters. The van der Waals surface area contributed by atoms with Gasteiger partial charge in [0.1, 0.15) is 5.69 Å². The Morgan fingerprint density at radius 1 is 1.40 bits per heavy atom. The third-order valence-corrected chi connectivity index (χ3v) is 3.68. The number of likely N-dealkylation sites (tertiary alicyclic amines) is 1. The number of nitrogens with one attached hydrogen (secondary N) is 1. The van der Waals surface area contributed by atoms with Crippen molar-refractivity contribution in [3.8, 4) is 11.5 Å². The lowest BCUT2D eigenvalue weighted by Crippen LogP contribution is -2.26. The van der Waals surface area contributed by atoms with Gasteiger partial charge in [0.25, 0.3) is 0 Å². The highest BCUT2D eigenvalue weighted by molar-refractivity contribution is 5.73. The van der Waals surface area contributed by atoms with Gasteiger partial charge in [-0.25, -0.2) is 9.97 Å². The Hall–Kier alpha value is -2.24. The largest absolute Gasteiger partial charge is 0.343 e. The van der Waals surface area contributed by atoms with E-state index in [0.29, 0.717) is 5.92 Å². The molecule has 0 spiro atoms. The van der Waals surface area contributed by atoms with Gasteiger partial charge in [-0.2, -0.15) is 0 Å². The molecule has 2 aromatic rings. The second kappa shape index (κ2) is 5.40. The van der Waals surface area contributed by atoms with Crippen molar-refractivity contribution >= 4 is 5.91 Å². The van der Waals surface area contributed by atoms with E-state index in [1.165, 1.54) is 0 Å². The van der Waals surface area contributed by atoms with Gasteiger partial charge in [0.2, 0.25) is 5.91 Å². The van der Waals surface area contributed by atoms with Gasteiger partial charge in [-0.3, -0.25) is 9.78 Å². The first-order chi connectivity index (χ1) is 9.72. The van der Waals surface area contributed by atoms with E-state index in [1.54, 1.807) is 31.7 Å². The summed E-state index contributed by atoms with van der Waals surface area (Å²) in [5.41, 5.74) is 1.71. The van der Waals surface area contributed by atoms with E-state index >= 15 is 0 Å². The zero-order valence-electron chi connectivity index (χ0n) is 11.4. The maximum Gasteiger partial charge on any atom is 0.219 e. The van der Waals surface area contributed by atoms with Gasteiger partial charge >= 0.3 is 0 Å². The Morgan fingerprint density at radius 3 is 2.90 bits per heavy atom. The van der Waals surface area contributed by atoms with Crippen molar-refractivity contribution in [3.63, 3.8) is 0 Å². The van der Waals surface area contributed by atoms with Crippen LogP contribution in [0.1, 0.15) is 19.0 Å². The van der Waals surface area contributed by atoms with Crippen LogP contribution in [0.5, 0.6) is 0 Å². The average Bonchev–Trinajstić information content (AvgIpc) is 3.10. The normalized spacial score (nSPS) is 18.4. The second-order valence-electron chi connectivity index (χ2n) is 5.15. The molecule has 1 atom stereocenters. The zero-order chi connectivity index (χ0) is 13.9. The number of imidazole rings is 1. The van der Waals surface area contributed by atoms with Crippen LogP contribution in [0, 0.1) is 5.92 Å². The van der Waals surface area contributed by atoms with E-state index in [2.05, 4.69) is 19.9 Å². The van der Waals surface area contributed by atoms with Crippen molar-refractivity contribution < 1.29 is 4.79 Å². The number of nitrogens with zero attached hydrogens (tertiary/aromatic N) is 4. The Balaban J connectivity index is 1.63. The van der Waals surface area contributed by atoms with E-state index in [0.717, 1.165) is 43.1 Å². The van der Waals surface area contributed by atoms with Gasteiger partial charge in [-0.05, 0) is 18.8 Å². The minimum Gasteiger partial charge on any atom is -0.343 e. The molecule has 0 aliphatic carbocycles. The standard InChI is InChI=1S/C14H17N5O/c1-10(20)19-5-2-11(9-19)6-12-7-18-13(8-17-12)14-15-3-4-16-14/h3-4,7-8,11H,2,5-6,9H2,1H3,(H,15,16)/t11-/m1/s1. The Kier molecular flexibility index (Phi) is 3.45. The quantitative estimate of drug-likeness (QED) is 0.912. The summed E-state index contributed by atoms with van der Waals surface area (Å²) in [5.74, 6) is 1.38. The van der Waals surface area contributed by atoms with Gasteiger partial charge in [0.15, 0.2) is 5.82 Å². The Labute approximate surface area is 117 Å². The average molecular weight is 271 g/mol. The topological polar surface area (TPSA) is 74.8 Å². The maximum absolute atomic E-state index is 11.3. The van der Waals surface area contributed by atoms with Crippen LogP contribution >= 0.6 is 0 Å². The summed E-state index contributed by atoms with van der Waals surface area (Å²) in [7, 11) is 0. The number of rotatable bonds is 3. The number of carbonyl (C=O) groups excluding carboxylic acids is 1. The zero-order valence-corrected chi connectivity index (χ0v) is 11.4. The van der Waals surface area contributed by atoms with Crippen LogP contribution in [0.25, 0.3) is 11.5 Å². The highest BCUT2D eigenvalue weighted by Crippen LogP contribution is 2.20. The molecule has 3 heterocycles. The van der Waals surface area contributed by atoms with Crippen molar-refractivity contribution in [3.05, 3.63) is 30.5 Å². The molecule has 6 heteroatoms. The van der Waals surface area contributed by atoms with E-state index in [-0.39, 0.29) is 5.91 Å². The van der Waals surface area contributed by atoms with Crippen LogP contribution in [0.4, 0.5) is 0 Å². The second-order valence-corrected chi connectivity index (χ2v) is 5.15. The summed E-state index contributed by atoms with van der Waals surface area (Å²) in [6, 6.07) is 0. The van der Waals surface area contributed by atoms with Gasteiger partial charge in [0, 0.05) is 38.6 Å². The predicted octanol–water partition coefficient (Wildman–Crippen LogP) is 1.28. The number of hydrogen-bond donors (Lipinski definition) is 1. The van der Waals surface area contributed by atoms with Crippen LogP contribution < -0.4 is 0 Å². The molecule has 1 amide bonds. The molecule has 1 N–H and O–H groups in total. The van der Waals surface area contributed by atoms with Gasteiger partial charge in [-0.15, -0.1) is 0 Å². The van der Waals surface area contributed by atoms with E-state index in [4.69, 9.17) is 0 Å². The van der Waals surface area contributed by atoms with E-state index < -0.39 is 0 Å². The molecule has 1 fully saturated rings. The monoisotopic (exact) mass is 271 g/mol. The number of aromatic nitrogens is 4.